The third-order valence-corrected chi connectivity index (χ3v) is 3.17. The predicted molar refractivity (Wildman–Crippen MR) is 80.6 cm³/mol. The second kappa shape index (κ2) is 6.57. The van der Waals surface area contributed by atoms with Gasteiger partial charge < -0.3 is 15.8 Å². The largest absolute Gasteiger partial charge is 0.491 e. The summed E-state index contributed by atoms with van der Waals surface area (Å²) in [6.07, 6.45) is 4.42. The average molecular weight is 274 g/mol. The second-order valence-electron chi connectivity index (χ2n) is 5.58. The molecule has 1 amide bonds. The highest BCUT2D eigenvalue weighted by Crippen LogP contribution is 2.26. The van der Waals surface area contributed by atoms with Gasteiger partial charge in [-0.05, 0) is 24.5 Å². The molecule has 1 aromatic rings. The van der Waals surface area contributed by atoms with Crippen LogP contribution in [0.15, 0.2) is 36.4 Å². The van der Waals surface area contributed by atoms with Crippen molar-refractivity contribution in [1.82, 2.24) is 0 Å². The van der Waals surface area contributed by atoms with Crippen molar-refractivity contribution in [2.75, 3.05) is 11.9 Å². The summed E-state index contributed by atoms with van der Waals surface area (Å²) in [6, 6.07) is 7.49. The molecule has 0 fully saturated rings. The summed E-state index contributed by atoms with van der Waals surface area (Å²) in [5, 5.41) is 2.93. The smallest absolute Gasteiger partial charge is 0.231 e. The van der Waals surface area contributed by atoms with Gasteiger partial charge in [-0.3, -0.25) is 4.79 Å². The average Bonchev–Trinajstić information content (AvgIpc) is 2.84. The first kappa shape index (κ1) is 14.6. The van der Waals surface area contributed by atoms with Crippen LogP contribution < -0.4 is 15.8 Å². The van der Waals surface area contributed by atoms with Crippen molar-refractivity contribution in [3.05, 3.63) is 36.4 Å². The lowest BCUT2D eigenvalue weighted by Crippen LogP contribution is -2.24. The van der Waals surface area contributed by atoms with Crippen LogP contribution in [0.4, 0.5) is 5.69 Å². The maximum Gasteiger partial charge on any atom is 0.231 e. The molecular weight excluding hydrogens is 252 g/mol. The lowest BCUT2D eigenvalue weighted by Gasteiger charge is -2.15. The number of nitrogens with one attached hydrogen (secondary N) is 1. The predicted octanol–water partition coefficient (Wildman–Crippen LogP) is 2.56. The molecule has 0 heterocycles. The number of hydrogen-bond acceptors (Lipinski definition) is 3. The zero-order valence-electron chi connectivity index (χ0n) is 12.0. The summed E-state index contributed by atoms with van der Waals surface area (Å²) < 4.78 is 5.73. The molecule has 2 atom stereocenters. The zero-order chi connectivity index (χ0) is 14.5. The fourth-order valence-corrected chi connectivity index (χ4v) is 2.10. The third kappa shape index (κ3) is 3.84. The number of para-hydroxylation sites is 2. The number of hydrogen-bond donors (Lipinski definition) is 2. The third-order valence-electron chi connectivity index (χ3n) is 3.17. The van der Waals surface area contributed by atoms with Crippen LogP contribution in [0, 0.1) is 11.8 Å². The molecule has 2 unspecified atom stereocenters. The van der Waals surface area contributed by atoms with Crippen LogP contribution in [0.5, 0.6) is 5.75 Å². The van der Waals surface area contributed by atoms with E-state index in [1.807, 2.05) is 36.4 Å². The Morgan fingerprint density at radius 1 is 1.40 bits per heavy atom. The molecule has 0 bridgehead atoms. The minimum atomic E-state index is -0.150. The molecule has 108 valence electrons. The van der Waals surface area contributed by atoms with Gasteiger partial charge in [-0.1, -0.05) is 38.1 Å². The van der Waals surface area contributed by atoms with Crippen LogP contribution in [-0.2, 0) is 4.79 Å². The quantitative estimate of drug-likeness (QED) is 0.811. The van der Waals surface area contributed by atoms with E-state index in [1.54, 1.807) is 0 Å². The van der Waals surface area contributed by atoms with E-state index in [0.717, 1.165) is 0 Å². The van der Waals surface area contributed by atoms with E-state index in [-0.39, 0.29) is 17.9 Å². The maximum atomic E-state index is 12.2. The van der Waals surface area contributed by atoms with Crippen LogP contribution in [0.1, 0.15) is 20.3 Å². The van der Waals surface area contributed by atoms with Crippen molar-refractivity contribution in [1.29, 1.82) is 0 Å². The molecule has 20 heavy (non-hydrogen) atoms. The molecule has 0 aliphatic heterocycles. The molecule has 1 aromatic carbocycles. The minimum absolute atomic E-state index is 0.0156. The highest BCUT2D eigenvalue weighted by Gasteiger charge is 2.23. The Balaban J connectivity index is 2.01. The van der Waals surface area contributed by atoms with E-state index in [4.69, 9.17) is 10.5 Å². The molecule has 2 rings (SSSR count). The van der Waals surface area contributed by atoms with Gasteiger partial charge in [0.2, 0.25) is 5.91 Å². The van der Waals surface area contributed by atoms with E-state index in [2.05, 4.69) is 19.2 Å². The van der Waals surface area contributed by atoms with E-state index in [1.165, 1.54) is 0 Å². The second-order valence-corrected chi connectivity index (χ2v) is 5.58. The van der Waals surface area contributed by atoms with E-state index >= 15 is 0 Å². The number of benzene rings is 1. The SMILES string of the molecule is CC(C)COc1ccccc1NC(=O)C1C=CC(N)C1. The number of anilines is 1. The number of carbonyl (C=O) groups excluding carboxylic acids is 1. The van der Waals surface area contributed by atoms with Gasteiger partial charge in [-0.15, -0.1) is 0 Å². The molecule has 4 nitrogen and oxygen atoms in total. The lowest BCUT2D eigenvalue weighted by molar-refractivity contribution is -0.118. The van der Waals surface area contributed by atoms with Gasteiger partial charge in [-0.25, -0.2) is 0 Å². The van der Waals surface area contributed by atoms with Crippen LogP contribution in [0.25, 0.3) is 0 Å². The molecule has 4 heteroatoms. The highest BCUT2D eigenvalue weighted by molar-refractivity contribution is 5.95. The minimum Gasteiger partial charge on any atom is -0.491 e. The van der Waals surface area contributed by atoms with E-state index in [9.17, 15) is 4.79 Å². The van der Waals surface area contributed by atoms with Gasteiger partial charge in [0, 0.05) is 6.04 Å². The van der Waals surface area contributed by atoms with Gasteiger partial charge in [0.25, 0.3) is 0 Å². The number of ether oxygens (including phenoxy) is 1. The summed E-state index contributed by atoms with van der Waals surface area (Å²) in [4.78, 5) is 12.2. The molecule has 0 saturated heterocycles. The van der Waals surface area contributed by atoms with Crippen molar-refractivity contribution in [3.8, 4) is 5.75 Å². The Hall–Kier alpha value is -1.81. The van der Waals surface area contributed by atoms with Gasteiger partial charge in [0.1, 0.15) is 5.75 Å². The van der Waals surface area contributed by atoms with Crippen LogP contribution in [-0.4, -0.2) is 18.6 Å². The summed E-state index contributed by atoms with van der Waals surface area (Å²) in [6.45, 7) is 4.80. The van der Waals surface area contributed by atoms with E-state index in [0.29, 0.717) is 30.4 Å². The van der Waals surface area contributed by atoms with Crippen molar-refractivity contribution in [3.63, 3.8) is 0 Å². The van der Waals surface area contributed by atoms with Gasteiger partial charge in [0.05, 0.1) is 18.2 Å². The molecule has 0 spiro atoms. The topological polar surface area (TPSA) is 64.3 Å². The number of amides is 1. The molecule has 3 N–H and O–H groups in total. The van der Waals surface area contributed by atoms with Gasteiger partial charge >= 0.3 is 0 Å². The Morgan fingerprint density at radius 3 is 2.80 bits per heavy atom. The Labute approximate surface area is 120 Å². The van der Waals surface area contributed by atoms with E-state index < -0.39 is 0 Å². The summed E-state index contributed by atoms with van der Waals surface area (Å²) in [5.41, 5.74) is 6.49. The number of rotatable bonds is 5. The number of nitrogens with two attached hydrogens (primary N) is 1. The van der Waals surface area contributed by atoms with Gasteiger partial charge in [0.15, 0.2) is 0 Å². The Morgan fingerprint density at radius 2 is 2.15 bits per heavy atom. The molecule has 0 saturated carbocycles. The molecule has 1 aliphatic carbocycles. The molecule has 0 radical (unpaired) electrons. The Kier molecular flexibility index (Phi) is 4.79. The standard InChI is InChI=1S/C16H22N2O2/c1-11(2)10-20-15-6-4-3-5-14(15)18-16(19)12-7-8-13(17)9-12/h3-8,11-13H,9-10,17H2,1-2H3,(H,18,19). The Bertz CT molecular complexity index is 497. The van der Waals surface area contributed by atoms with Crippen molar-refractivity contribution in [2.24, 2.45) is 17.6 Å². The van der Waals surface area contributed by atoms with Gasteiger partial charge in [-0.2, -0.15) is 0 Å². The first-order valence-corrected chi connectivity index (χ1v) is 7.03. The molecule has 1 aliphatic rings. The first-order chi connectivity index (χ1) is 9.56. The lowest BCUT2D eigenvalue weighted by atomic mass is 10.1. The van der Waals surface area contributed by atoms with Crippen LogP contribution in [0.3, 0.4) is 0 Å². The van der Waals surface area contributed by atoms with Crippen LogP contribution in [0.2, 0.25) is 0 Å². The van der Waals surface area contributed by atoms with Crippen LogP contribution >= 0.6 is 0 Å². The molecule has 0 aromatic heterocycles. The molecular formula is C16H22N2O2. The van der Waals surface area contributed by atoms with Crippen molar-refractivity contribution < 1.29 is 9.53 Å². The number of carbonyl (C=O) groups is 1. The fourth-order valence-electron chi connectivity index (χ4n) is 2.10. The fraction of sp³-hybridized carbons (Fsp3) is 0.438. The first-order valence-electron chi connectivity index (χ1n) is 7.03. The van der Waals surface area contributed by atoms with Crippen molar-refractivity contribution in [2.45, 2.75) is 26.3 Å². The summed E-state index contributed by atoms with van der Waals surface area (Å²) >= 11 is 0. The highest BCUT2D eigenvalue weighted by atomic mass is 16.5. The summed E-state index contributed by atoms with van der Waals surface area (Å²) in [7, 11) is 0. The normalized spacial score (nSPS) is 21.2. The maximum absolute atomic E-state index is 12.2. The summed E-state index contributed by atoms with van der Waals surface area (Å²) in [5.74, 6) is 0.966. The monoisotopic (exact) mass is 274 g/mol. The zero-order valence-corrected chi connectivity index (χ0v) is 12.0. The van der Waals surface area contributed by atoms with Crippen molar-refractivity contribution >= 4 is 11.6 Å².